The number of hydrogen-bond donors (Lipinski definition) is 0. The fourth-order valence-corrected chi connectivity index (χ4v) is 10.1. The molecule has 0 atom stereocenters. The highest BCUT2D eigenvalue weighted by Gasteiger charge is 2.32. The van der Waals surface area contributed by atoms with Crippen LogP contribution in [0.15, 0.2) is 87.5 Å². The number of nitrogens with zero attached hydrogens (tertiary/aromatic N) is 3. The number of aryl methyl sites for hydroxylation is 3. The van der Waals surface area contributed by atoms with Crippen molar-refractivity contribution in [2.45, 2.75) is 35.5 Å². The maximum absolute atomic E-state index is 14.2. The van der Waals surface area contributed by atoms with Gasteiger partial charge in [-0.15, -0.1) is 0 Å². The second-order valence-electron chi connectivity index (χ2n) is 12.9. The molecule has 0 saturated carbocycles. The molecule has 0 aliphatic heterocycles. The van der Waals surface area contributed by atoms with E-state index in [2.05, 4.69) is 8.37 Å². The molecule has 0 bridgehead atoms. The first-order valence-electron chi connectivity index (χ1n) is 17.6. The number of benzene rings is 3. The monoisotopic (exact) mass is 897 g/mol. The molecule has 0 aliphatic rings. The average Bonchev–Trinajstić information content (AvgIpc) is 3.11. The predicted molar refractivity (Wildman–Crippen MR) is 213 cm³/mol. The molecule has 3 aromatic rings. The molecule has 22 heteroatoms. The first kappa shape index (κ1) is 48.5. The quantitative estimate of drug-likeness (QED) is 0.0832. The van der Waals surface area contributed by atoms with Crippen molar-refractivity contribution in [1.82, 2.24) is 12.9 Å². The van der Waals surface area contributed by atoms with Crippen molar-refractivity contribution in [3.63, 3.8) is 0 Å². The Balaban J connectivity index is 1.94. The molecule has 0 radical (unpaired) electrons. The standard InChI is InChI=1S/C35H51N3O14S5/c1-30-6-12-33(13-7-30)55(43,44)36(18-20-37(22-24-49-26-28-51-53(4,39)40)56(45,46)34-14-8-31(2)9-15-34)19-21-38(23-25-50-27-29-52-54(5,41)42)57(47,48)35-16-10-32(3)11-17-35/h6-17H,18-29H2,1-5H3. The molecule has 0 fully saturated rings. The summed E-state index contributed by atoms with van der Waals surface area (Å²) >= 11 is 0. The smallest absolute Gasteiger partial charge is 0.264 e. The van der Waals surface area contributed by atoms with Crippen LogP contribution in [0.1, 0.15) is 16.7 Å². The van der Waals surface area contributed by atoms with Gasteiger partial charge in [0.25, 0.3) is 20.2 Å². The minimum atomic E-state index is -4.35. The van der Waals surface area contributed by atoms with Gasteiger partial charge in [-0.2, -0.15) is 29.8 Å². The van der Waals surface area contributed by atoms with Gasteiger partial charge < -0.3 is 9.47 Å². The van der Waals surface area contributed by atoms with Crippen molar-refractivity contribution in [3.05, 3.63) is 89.5 Å². The van der Waals surface area contributed by atoms with Crippen molar-refractivity contribution < 1.29 is 59.9 Å². The summed E-state index contributed by atoms with van der Waals surface area (Å²) in [6.07, 6.45) is 1.76. The van der Waals surface area contributed by atoms with Crippen LogP contribution in [0.25, 0.3) is 0 Å². The van der Waals surface area contributed by atoms with E-state index in [-0.39, 0.29) is 80.5 Å². The van der Waals surface area contributed by atoms with Crippen LogP contribution in [-0.2, 0) is 68.1 Å². The highest BCUT2D eigenvalue weighted by molar-refractivity contribution is 7.90. The Kier molecular flexibility index (Phi) is 18.2. The maximum Gasteiger partial charge on any atom is 0.264 e. The van der Waals surface area contributed by atoms with E-state index in [9.17, 15) is 42.1 Å². The Hall–Kier alpha value is -2.87. The van der Waals surface area contributed by atoms with Crippen molar-refractivity contribution in [3.8, 4) is 0 Å². The molecule has 0 N–H and O–H groups in total. The van der Waals surface area contributed by atoms with Crippen LogP contribution in [0.5, 0.6) is 0 Å². The Morgan fingerprint density at radius 1 is 0.368 bits per heavy atom. The van der Waals surface area contributed by atoms with Gasteiger partial charge in [0, 0.05) is 39.3 Å². The van der Waals surface area contributed by atoms with E-state index in [4.69, 9.17) is 9.47 Å². The van der Waals surface area contributed by atoms with E-state index in [1.165, 1.54) is 36.4 Å². The molecule has 0 saturated heterocycles. The van der Waals surface area contributed by atoms with Crippen LogP contribution in [-0.4, -0.2) is 146 Å². The summed E-state index contributed by atoms with van der Waals surface area (Å²) in [6, 6.07) is 18.1. The summed E-state index contributed by atoms with van der Waals surface area (Å²) in [5.41, 5.74) is 2.40. The lowest BCUT2D eigenvalue weighted by Gasteiger charge is -2.29. The molecule has 17 nitrogen and oxygen atoms in total. The zero-order valence-electron chi connectivity index (χ0n) is 32.5. The zero-order valence-corrected chi connectivity index (χ0v) is 36.6. The highest BCUT2D eigenvalue weighted by atomic mass is 32.2. The number of hydrogen-bond acceptors (Lipinski definition) is 14. The molecule has 3 aromatic carbocycles. The Morgan fingerprint density at radius 3 is 0.860 bits per heavy atom. The summed E-state index contributed by atoms with van der Waals surface area (Å²) in [5.74, 6) is 0. The number of rotatable bonds is 26. The minimum Gasteiger partial charge on any atom is -0.378 e. The fraction of sp³-hybridized carbons (Fsp3) is 0.486. The van der Waals surface area contributed by atoms with Gasteiger partial charge in [0.05, 0.1) is 66.8 Å². The topological polar surface area (TPSA) is 217 Å². The molecule has 320 valence electrons. The third kappa shape index (κ3) is 16.0. The predicted octanol–water partition coefficient (Wildman–Crippen LogP) is 1.97. The van der Waals surface area contributed by atoms with Crippen molar-refractivity contribution in [1.29, 1.82) is 0 Å². The normalized spacial score (nSPS) is 13.2. The third-order valence-corrected chi connectivity index (χ3v) is 15.1. The van der Waals surface area contributed by atoms with Crippen molar-refractivity contribution in [2.75, 3.05) is 91.4 Å². The van der Waals surface area contributed by atoms with Crippen LogP contribution in [0, 0.1) is 20.8 Å². The van der Waals surface area contributed by atoms with Crippen LogP contribution >= 0.6 is 0 Å². The first-order chi connectivity index (χ1) is 26.5. The van der Waals surface area contributed by atoms with Gasteiger partial charge in [0.15, 0.2) is 0 Å². The summed E-state index contributed by atoms with van der Waals surface area (Å²) < 4.78 is 153. The van der Waals surface area contributed by atoms with Gasteiger partial charge in [0.1, 0.15) is 0 Å². The summed E-state index contributed by atoms with van der Waals surface area (Å²) in [7, 11) is -20.3. The van der Waals surface area contributed by atoms with Crippen LogP contribution in [0.4, 0.5) is 0 Å². The van der Waals surface area contributed by atoms with Crippen LogP contribution < -0.4 is 0 Å². The highest BCUT2D eigenvalue weighted by Crippen LogP contribution is 2.21. The van der Waals surface area contributed by atoms with Gasteiger partial charge in [-0.05, 0) is 57.2 Å². The molecule has 0 spiro atoms. The van der Waals surface area contributed by atoms with Gasteiger partial charge in [0.2, 0.25) is 30.1 Å². The molecule has 3 rings (SSSR count). The Morgan fingerprint density at radius 2 is 0.614 bits per heavy atom. The molecular weight excluding hydrogens is 847 g/mol. The van der Waals surface area contributed by atoms with E-state index < -0.39 is 63.4 Å². The van der Waals surface area contributed by atoms with E-state index in [0.717, 1.165) is 42.1 Å². The average molecular weight is 898 g/mol. The van der Waals surface area contributed by atoms with Gasteiger partial charge in [-0.1, -0.05) is 53.1 Å². The van der Waals surface area contributed by atoms with Crippen molar-refractivity contribution in [2.24, 2.45) is 0 Å². The molecule has 0 heterocycles. The first-order valence-corrected chi connectivity index (χ1v) is 25.5. The second-order valence-corrected chi connectivity index (χ2v) is 22.0. The van der Waals surface area contributed by atoms with Crippen LogP contribution in [0.2, 0.25) is 0 Å². The third-order valence-electron chi connectivity index (χ3n) is 8.19. The molecule has 0 aliphatic carbocycles. The van der Waals surface area contributed by atoms with Crippen molar-refractivity contribution >= 4 is 50.3 Å². The maximum atomic E-state index is 14.2. The van der Waals surface area contributed by atoms with Gasteiger partial charge in [-0.25, -0.2) is 25.3 Å². The van der Waals surface area contributed by atoms with Gasteiger partial charge >= 0.3 is 0 Å². The number of ether oxygens (including phenoxy) is 2. The van der Waals surface area contributed by atoms with Gasteiger partial charge in [-0.3, -0.25) is 8.37 Å². The summed E-state index contributed by atoms with van der Waals surface area (Å²) in [6.45, 7) is 1.97. The molecular formula is C35H51N3O14S5. The SMILES string of the molecule is Cc1ccc(S(=O)(=O)N(CCOCCOS(C)(=O)=O)CCN(CCN(CCOCCOS(C)(=O)=O)S(=O)(=O)c2ccc(C)cc2)S(=O)(=O)c2ccc(C)cc2)cc1. The van der Waals surface area contributed by atoms with E-state index in [1.807, 2.05) is 0 Å². The lowest BCUT2D eigenvalue weighted by atomic mass is 10.2. The van der Waals surface area contributed by atoms with E-state index in [1.54, 1.807) is 57.2 Å². The molecule has 0 amide bonds. The lowest BCUT2D eigenvalue weighted by molar-refractivity contribution is 0.0929. The molecule has 0 unspecified atom stereocenters. The number of sulfonamides is 3. The Labute approximate surface area is 337 Å². The largest absolute Gasteiger partial charge is 0.378 e. The second kappa shape index (κ2) is 21.4. The Bertz CT molecular complexity index is 2160. The summed E-state index contributed by atoms with van der Waals surface area (Å²) in [4.78, 5) is -0.213. The lowest BCUT2D eigenvalue weighted by Crippen LogP contribution is -2.46. The molecule has 0 aromatic heterocycles. The van der Waals surface area contributed by atoms with E-state index in [0.29, 0.717) is 0 Å². The van der Waals surface area contributed by atoms with E-state index >= 15 is 0 Å². The fourth-order valence-electron chi connectivity index (χ4n) is 5.11. The van der Waals surface area contributed by atoms with Crippen LogP contribution in [0.3, 0.4) is 0 Å². The minimum absolute atomic E-state index is 0.0567. The zero-order chi connectivity index (χ0) is 42.5. The summed E-state index contributed by atoms with van der Waals surface area (Å²) in [5, 5.41) is 0. The molecule has 57 heavy (non-hydrogen) atoms.